The van der Waals surface area contributed by atoms with Gasteiger partial charge in [0.15, 0.2) is 0 Å². The van der Waals surface area contributed by atoms with Crippen molar-refractivity contribution in [1.29, 1.82) is 0 Å². The van der Waals surface area contributed by atoms with E-state index in [0.717, 1.165) is 18.4 Å². The molecule has 1 fully saturated rings. The molecular weight excluding hydrogens is 310 g/mol. The molecule has 1 aliphatic rings. The monoisotopic (exact) mass is 329 g/mol. The van der Waals surface area contributed by atoms with Gasteiger partial charge in [-0.2, -0.15) is 0 Å². The summed E-state index contributed by atoms with van der Waals surface area (Å²) in [4.78, 5) is 11.8. The summed E-state index contributed by atoms with van der Waals surface area (Å²) in [7, 11) is 1.61. The maximum atomic E-state index is 11.7. The predicted molar refractivity (Wildman–Crippen MR) is 82.7 cm³/mol. The summed E-state index contributed by atoms with van der Waals surface area (Å²) in [6.45, 7) is 1.99. The number of halogens is 1. The van der Waals surface area contributed by atoms with E-state index in [0.29, 0.717) is 12.3 Å². The molecule has 0 aromatic heterocycles. The van der Waals surface area contributed by atoms with Gasteiger partial charge in [0, 0.05) is 23.1 Å². The zero-order valence-electron chi connectivity index (χ0n) is 12.0. The van der Waals surface area contributed by atoms with Crippen molar-refractivity contribution in [2.45, 2.75) is 50.0 Å². The van der Waals surface area contributed by atoms with Gasteiger partial charge < -0.3 is 5.32 Å². The first-order chi connectivity index (χ1) is 9.84. The van der Waals surface area contributed by atoms with Crippen molar-refractivity contribution in [3.05, 3.63) is 29.8 Å². The van der Waals surface area contributed by atoms with E-state index in [-0.39, 0.29) is 16.8 Å². The molecule has 0 radical (unpaired) electrons. The van der Waals surface area contributed by atoms with Crippen molar-refractivity contribution >= 4 is 25.6 Å². The van der Waals surface area contributed by atoms with Crippen LogP contribution in [0.3, 0.4) is 0 Å². The van der Waals surface area contributed by atoms with E-state index >= 15 is 0 Å². The Hall–Kier alpha value is -1.07. The van der Waals surface area contributed by atoms with E-state index in [4.69, 9.17) is 10.7 Å². The molecule has 1 aromatic rings. The minimum atomic E-state index is -3.66. The third kappa shape index (κ3) is 5.67. The van der Waals surface area contributed by atoms with Gasteiger partial charge in [-0.1, -0.05) is 12.1 Å². The molecule has 0 aliphatic heterocycles. The normalized spacial score (nSPS) is 16.5. The largest absolute Gasteiger partial charge is 0.354 e. The third-order valence-corrected chi connectivity index (χ3v) is 5.02. The van der Waals surface area contributed by atoms with Gasteiger partial charge in [-0.3, -0.25) is 4.79 Å². The van der Waals surface area contributed by atoms with Gasteiger partial charge in [0.1, 0.15) is 0 Å². The van der Waals surface area contributed by atoms with Crippen LogP contribution < -0.4 is 5.32 Å². The van der Waals surface area contributed by atoms with Gasteiger partial charge in [-0.05, 0) is 56.2 Å². The van der Waals surface area contributed by atoms with Crippen molar-refractivity contribution in [1.82, 2.24) is 5.32 Å². The third-order valence-electron chi connectivity index (χ3n) is 3.65. The van der Waals surface area contributed by atoms with Crippen LogP contribution in [-0.4, -0.2) is 20.4 Å². The number of hydrogen-bond acceptors (Lipinski definition) is 3. The van der Waals surface area contributed by atoms with Gasteiger partial charge in [-0.15, -0.1) is 0 Å². The Morgan fingerprint density at radius 3 is 2.48 bits per heavy atom. The van der Waals surface area contributed by atoms with Crippen molar-refractivity contribution in [3.63, 3.8) is 0 Å². The lowest BCUT2D eigenvalue weighted by atomic mass is 10.1. The quantitative estimate of drug-likeness (QED) is 0.782. The number of amides is 1. The second kappa shape index (κ2) is 6.79. The Kier molecular flexibility index (Phi) is 5.27. The summed E-state index contributed by atoms with van der Waals surface area (Å²) in [5, 5.41) is 3.00. The first-order valence-electron chi connectivity index (χ1n) is 7.17. The van der Waals surface area contributed by atoms with Crippen molar-refractivity contribution in [2.24, 2.45) is 5.92 Å². The van der Waals surface area contributed by atoms with Gasteiger partial charge in [-0.25, -0.2) is 8.42 Å². The second-order valence-corrected chi connectivity index (χ2v) is 8.30. The molecule has 1 amide bonds. The average molecular weight is 330 g/mol. The van der Waals surface area contributed by atoms with Crippen LogP contribution in [0.5, 0.6) is 0 Å². The molecular formula is C15H20ClNO3S. The number of aryl methyl sites for hydroxylation is 1. The number of benzene rings is 1. The Morgan fingerprint density at radius 1 is 1.33 bits per heavy atom. The fourth-order valence-electron chi connectivity index (χ4n) is 2.19. The summed E-state index contributed by atoms with van der Waals surface area (Å²) in [5.74, 6) is 0.732. The highest BCUT2D eigenvalue weighted by molar-refractivity contribution is 8.13. The molecule has 0 bridgehead atoms. The van der Waals surface area contributed by atoms with Crippen LogP contribution in [0.1, 0.15) is 38.2 Å². The van der Waals surface area contributed by atoms with Gasteiger partial charge in [0.05, 0.1) is 4.90 Å². The molecule has 4 nitrogen and oxygen atoms in total. The van der Waals surface area contributed by atoms with Crippen LogP contribution in [0.15, 0.2) is 29.2 Å². The summed E-state index contributed by atoms with van der Waals surface area (Å²) in [6.07, 6.45) is 4.61. The van der Waals surface area contributed by atoms with Crippen molar-refractivity contribution < 1.29 is 13.2 Å². The van der Waals surface area contributed by atoms with Gasteiger partial charge in [0.2, 0.25) is 5.91 Å². The van der Waals surface area contributed by atoms with Crippen LogP contribution in [0, 0.1) is 5.92 Å². The number of nitrogens with one attached hydrogen (secondary N) is 1. The maximum Gasteiger partial charge on any atom is 0.261 e. The van der Waals surface area contributed by atoms with Crippen molar-refractivity contribution in [2.75, 3.05) is 0 Å². The lowest BCUT2D eigenvalue weighted by Crippen LogP contribution is -2.33. The molecule has 21 heavy (non-hydrogen) atoms. The number of rotatable bonds is 7. The minimum Gasteiger partial charge on any atom is -0.354 e. The number of hydrogen-bond donors (Lipinski definition) is 1. The highest BCUT2D eigenvalue weighted by Gasteiger charge is 2.24. The zero-order valence-corrected chi connectivity index (χ0v) is 13.6. The lowest BCUT2D eigenvalue weighted by molar-refractivity contribution is -0.122. The molecule has 0 heterocycles. The van der Waals surface area contributed by atoms with E-state index in [1.54, 1.807) is 12.1 Å². The lowest BCUT2D eigenvalue weighted by Gasteiger charge is -2.13. The van der Waals surface area contributed by atoms with Gasteiger partial charge >= 0.3 is 0 Å². The molecule has 0 saturated heterocycles. The Labute approximate surface area is 130 Å². The second-order valence-electron chi connectivity index (χ2n) is 5.74. The van der Waals surface area contributed by atoms with Crippen LogP contribution >= 0.6 is 10.7 Å². The summed E-state index contributed by atoms with van der Waals surface area (Å²) in [6, 6.07) is 6.65. The van der Waals surface area contributed by atoms with E-state index in [2.05, 4.69) is 5.32 Å². The van der Waals surface area contributed by atoms with E-state index < -0.39 is 9.05 Å². The number of carbonyl (C=O) groups is 1. The molecule has 6 heteroatoms. The molecule has 0 spiro atoms. The highest BCUT2D eigenvalue weighted by Crippen LogP contribution is 2.32. The molecule has 2 rings (SSSR count). The number of carbonyl (C=O) groups excluding carboxylic acids is 1. The Bertz CT molecular complexity index is 594. The molecule has 1 unspecified atom stereocenters. The SMILES string of the molecule is CC(CCc1ccc(S(=O)(=O)Cl)cc1)NC(=O)CC1CC1. The summed E-state index contributed by atoms with van der Waals surface area (Å²) >= 11 is 0. The standard InChI is InChI=1S/C15H20ClNO3S/c1-11(17-15(18)10-13-4-5-13)2-3-12-6-8-14(9-7-12)21(16,19)20/h6-9,11,13H,2-5,10H2,1H3,(H,17,18). The first-order valence-corrected chi connectivity index (χ1v) is 9.48. The highest BCUT2D eigenvalue weighted by atomic mass is 35.7. The Morgan fingerprint density at radius 2 is 1.95 bits per heavy atom. The molecule has 1 atom stereocenters. The maximum absolute atomic E-state index is 11.7. The summed E-state index contributed by atoms with van der Waals surface area (Å²) < 4.78 is 22.3. The van der Waals surface area contributed by atoms with E-state index in [1.165, 1.54) is 25.0 Å². The van der Waals surface area contributed by atoms with Crippen LogP contribution in [-0.2, 0) is 20.3 Å². The summed E-state index contributed by atoms with van der Waals surface area (Å²) in [5.41, 5.74) is 1.03. The molecule has 1 N–H and O–H groups in total. The smallest absolute Gasteiger partial charge is 0.261 e. The average Bonchev–Trinajstić information content (AvgIpc) is 3.19. The van der Waals surface area contributed by atoms with Gasteiger partial charge in [0.25, 0.3) is 9.05 Å². The fourth-order valence-corrected chi connectivity index (χ4v) is 2.96. The minimum absolute atomic E-state index is 0.110. The first kappa shape index (κ1) is 16.3. The van der Waals surface area contributed by atoms with Crippen LogP contribution in [0.25, 0.3) is 0 Å². The molecule has 1 aromatic carbocycles. The fraction of sp³-hybridized carbons (Fsp3) is 0.533. The topological polar surface area (TPSA) is 63.2 Å². The molecule has 1 saturated carbocycles. The van der Waals surface area contributed by atoms with Crippen LogP contribution in [0.2, 0.25) is 0 Å². The zero-order chi connectivity index (χ0) is 15.5. The van der Waals surface area contributed by atoms with Crippen molar-refractivity contribution in [3.8, 4) is 0 Å². The van der Waals surface area contributed by atoms with E-state index in [1.807, 2.05) is 6.92 Å². The Balaban J connectivity index is 1.77. The van der Waals surface area contributed by atoms with E-state index in [9.17, 15) is 13.2 Å². The van der Waals surface area contributed by atoms with Crippen LogP contribution in [0.4, 0.5) is 0 Å². The predicted octanol–water partition coefficient (Wildman–Crippen LogP) is 2.85. The molecule has 116 valence electrons. The molecule has 1 aliphatic carbocycles.